The second kappa shape index (κ2) is 6.40. The molecule has 0 aromatic carbocycles. The zero-order valence-electron chi connectivity index (χ0n) is 10.4. The van der Waals surface area contributed by atoms with Crippen LogP contribution >= 0.6 is 38.6 Å². The fourth-order valence-electron chi connectivity index (χ4n) is 1.51. The molecule has 3 N–H and O–H groups in total. The number of hydrogen-bond donors (Lipinski definition) is 2. The molecule has 2 heterocycles. The van der Waals surface area contributed by atoms with Crippen LogP contribution in [0.25, 0.3) is 0 Å². The van der Waals surface area contributed by atoms with Crippen molar-refractivity contribution in [3.8, 4) is 0 Å². The number of nitrogen functional groups attached to an aromatic ring is 1. The number of halogens is 1. The molecule has 11 heteroatoms. The summed E-state index contributed by atoms with van der Waals surface area (Å²) < 4.78 is 27.3. The van der Waals surface area contributed by atoms with Gasteiger partial charge in [-0.25, -0.2) is 13.1 Å². The van der Waals surface area contributed by atoms with Crippen LogP contribution in [-0.2, 0) is 16.4 Å². The molecule has 0 atom stereocenters. The molecule has 0 aliphatic rings. The van der Waals surface area contributed by atoms with Gasteiger partial charge in [0.1, 0.15) is 4.21 Å². The lowest BCUT2D eigenvalue weighted by atomic mass is 10.3. The van der Waals surface area contributed by atoms with Gasteiger partial charge in [-0.15, -0.1) is 11.3 Å². The van der Waals surface area contributed by atoms with Crippen LogP contribution in [-0.4, -0.2) is 19.9 Å². The summed E-state index contributed by atoms with van der Waals surface area (Å²) in [7, 11) is -3.78. The quantitative estimate of drug-likeness (QED) is 0.559. The lowest BCUT2D eigenvalue weighted by Crippen LogP contribution is -2.25. The molecular formula is C10H10BrN3O4S3. The molecule has 0 aliphatic heterocycles. The number of nitrogens with zero attached hydrogens (tertiary/aromatic N) is 1. The molecule has 2 aromatic rings. The minimum Gasteiger partial charge on any atom is -0.385 e. The summed E-state index contributed by atoms with van der Waals surface area (Å²) in [6, 6.07) is 4.76. The average molecular weight is 412 g/mol. The molecule has 0 bridgehead atoms. The number of rotatable bonds is 6. The molecule has 0 aliphatic carbocycles. The lowest BCUT2D eigenvalue weighted by Gasteiger charge is -2.02. The first kappa shape index (κ1) is 16.4. The van der Waals surface area contributed by atoms with E-state index in [-0.39, 0.29) is 21.4 Å². The summed E-state index contributed by atoms with van der Waals surface area (Å²) >= 11 is 5.53. The SMILES string of the molecule is Nc1sc(S(=O)(=O)NCCc2ccc(Br)s2)cc1[N+](=O)[O-]. The summed E-state index contributed by atoms with van der Waals surface area (Å²) in [5.41, 5.74) is 5.06. The van der Waals surface area contributed by atoms with Crippen LogP contribution in [0.15, 0.2) is 26.2 Å². The highest BCUT2D eigenvalue weighted by Gasteiger charge is 2.24. The number of nitro groups is 1. The molecule has 0 radical (unpaired) electrons. The first-order chi connectivity index (χ1) is 9.79. The number of thiophene rings is 2. The highest BCUT2D eigenvalue weighted by atomic mass is 79.9. The van der Waals surface area contributed by atoms with E-state index in [1.54, 1.807) is 0 Å². The van der Waals surface area contributed by atoms with Crippen molar-refractivity contribution in [1.29, 1.82) is 0 Å². The third kappa shape index (κ3) is 4.01. The summed E-state index contributed by atoms with van der Waals surface area (Å²) in [5, 5.41) is 10.6. The van der Waals surface area contributed by atoms with E-state index >= 15 is 0 Å². The zero-order chi connectivity index (χ0) is 15.6. The second-order valence-electron chi connectivity index (χ2n) is 3.93. The molecule has 114 valence electrons. The molecule has 7 nitrogen and oxygen atoms in total. The summed E-state index contributed by atoms with van der Waals surface area (Å²) in [6.07, 6.45) is 0.540. The van der Waals surface area contributed by atoms with Crippen LogP contribution in [0, 0.1) is 10.1 Å². The Bertz CT molecular complexity index is 768. The smallest absolute Gasteiger partial charge is 0.304 e. The van der Waals surface area contributed by atoms with Crippen molar-refractivity contribution >= 4 is 59.3 Å². The molecule has 2 aromatic heterocycles. The highest BCUT2D eigenvalue weighted by Crippen LogP contribution is 2.34. The normalized spacial score (nSPS) is 11.7. The van der Waals surface area contributed by atoms with E-state index in [4.69, 9.17) is 5.73 Å². The molecule has 2 rings (SSSR count). The van der Waals surface area contributed by atoms with Gasteiger partial charge < -0.3 is 5.73 Å². The summed E-state index contributed by atoms with van der Waals surface area (Å²) in [4.78, 5) is 11.0. The largest absolute Gasteiger partial charge is 0.385 e. The van der Waals surface area contributed by atoms with Gasteiger partial charge in [0.2, 0.25) is 10.0 Å². The minimum absolute atomic E-state index is 0.123. The van der Waals surface area contributed by atoms with Crippen molar-refractivity contribution in [2.24, 2.45) is 0 Å². The van der Waals surface area contributed by atoms with Gasteiger partial charge in [-0.2, -0.15) is 0 Å². The molecule has 0 saturated carbocycles. The fourth-order valence-corrected chi connectivity index (χ4v) is 5.29. The van der Waals surface area contributed by atoms with E-state index in [1.165, 1.54) is 11.3 Å². The Labute approximate surface area is 137 Å². The maximum atomic E-state index is 12.0. The molecule has 0 spiro atoms. The summed E-state index contributed by atoms with van der Waals surface area (Å²) in [5.74, 6) is 0. The van der Waals surface area contributed by atoms with Crippen LogP contribution in [0.3, 0.4) is 0 Å². The van der Waals surface area contributed by atoms with Gasteiger partial charge in [0.25, 0.3) is 0 Å². The Hall–Kier alpha value is -1.01. The average Bonchev–Trinajstić information content (AvgIpc) is 2.96. The Morgan fingerprint density at radius 1 is 1.38 bits per heavy atom. The van der Waals surface area contributed by atoms with Crippen LogP contribution in [0.5, 0.6) is 0 Å². The van der Waals surface area contributed by atoms with Crippen molar-refractivity contribution in [1.82, 2.24) is 4.72 Å². The monoisotopic (exact) mass is 411 g/mol. The standard InChI is InChI=1S/C10H10BrN3O4S3/c11-8-2-1-6(19-8)3-4-13-21(17,18)9-5-7(14(15)16)10(12)20-9/h1-2,5,13H,3-4,12H2. The van der Waals surface area contributed by atoms with Gasteiger partial charge in [0.15, 0.2) is 5.00 Å². The van der Waals surface area contributed by atoms with E-state index in [2.05, 4.69) is 20.7 Å². The Kier molecular flexibility index (Phi) is 4.99. The van der Waals surface area contributed by atoms with Crippen LogP contribution < -0.4 is 10.5 Å². The van der Waals surface area contributed by atoms with Crippen LogP contribution in [0.1, 0.15) is 4.88 Å². The molecule has 0 unspecified atom stereocenters. The fraction of sp³-hybridized carbons (Fsp3) is 0.200. The lowest BCUT2D eigenvalue weighted by molar-refractivity contribution is -0.383. The van der Waals surface area contributed by atoms with Gasteiger partial charge in [0.05, 0.1) is 8.71 Å². The van der Waals surface area contributed by atoms with Crippen LogP contribution in [0.2, 0.25) is 0 Å². The van der Waals surface area contributed by atoms with Crippen molar-refractivity contribution in [2.75, 3.05) is 12.3 Å². The topological polar surface area (TPSA) is 115 Å². The van der Waals surface area contributed by atoms with E-state index in [0.29, 0.717) is 17.8 Å². The molecule has 21 heavy (non-hydrogen) atoms. The predicted molar refractivity (Wildman–Crippen MR) is 86.3 cm³/mol. The van der Waals surface area contributed by atoms with E-state index in [1.807, 2.05) is 12.1 Å². The van der Waals surface area contributed by atoms with Crippen molar-refractivity contribution in [3.05, 3.63) is 37.0 Å². The highest BCUT2D eigenvalue weighted by molar-refractivity contribution is 9.11. The first-order valence-electron chi connectivity index (χ1n) is 5.57. The Balaban J connectivity index is 2.04. The maximum absolute atomic E-state index is 12.0. The number of nitrogens with two attached hydrogens (primary N) is 1. The van der Waals surface area contributed by atoms with Gasteiger partial charge in [-0.3, -0.25) is 10.1 Å². The number of nitrogens with one attached hydrogen (secondary N) is 1. The number of anilines is 1. The van der Waals surface area contributed by atoms with Gasteiger partial charge in [0, 0.05) is 17.5 Å². The van der Waals surface area contributed by atoms with Gasteiger partial charge in [-0.05, 0) is 34.5 Å². The minimum atomic E-state index is -3.78. The van der Waals surface area contributed by atoms with Crippen molar-refractivity contribution in [2.45, 2.75) is 10.6 Å². The van der Waals surface area contributed by atoms with Gasteiger partial charge >= 0.3 is 5.69 Å². The predicted octanol–water partition coefficient (Wildman–Crippen LogP) is 2.58. The molecule has 0 saturated heterocycles. The van der Waals surface area contributed by atoms with E-state index in [9.17, 15) is 18.5 Å². The first-order valence-corrected chi connectivity index (χ1v) is 9.48. The van der Waals surface area contributed by atoms with E-state index < -0.39 is 14.9 Å². The number of sulfonamides is 1. The molecule has 0 amide bonds. The number of hydrogen-bond acceptors (Lipinski definition) is 7. The Morgan fingerprint density at radius 3 is 2.62 bits per heavy atom. The molecular weight excluding hydrogens is 402 g/mol. The third-order valence-electron chi connectivity index (χ3n) is 2.47. The summed E-state index contributed by atoms with van der Waals surface area (Å²) in [6.45, 7) is 0.209. The van der Waals surface area contributed by atoms with Crippen LogP contribution in [0.4, 0.5) is 10.7 Å². The van der Waals surface area contributed by atoms with Crippen molar-refractivity contribution in [3.63, 3.8) is 0 Å². The maximum Gasteiger partial charge on any atom is 0.304 e. The van der Waals surface area contributed by atoms with E-state index in [0.717, 1.165) is 14.7 Å². The second-order valence-corrected chi connectivity index (χ2v) is 9.55. The van der Waals surface area contributed by atoms with Gasteiger partial charge in [-0.1, -0.05) is 11.3 Å². The third-order valence-corrected chi connectivity index (χ3v) is 7.04. The zero-order valence-corrected chi connectivity index (χ0v) is 14.4. The Morgan fingerprint density at radius 2 is 2.10 bits per heavy atom. The molecule has 0 fully saturated rings. The van der Waals surface area contributed by atoms with Crippen molar-refractivity contribution < 1.29 is 13.3 Å².